The summed E-state index contributed by atoms with van der Waals surface area (Å²) < 4.78 is 18.6. The lowest BCUT2D eigenvalue weighted by Crippen LogP contribution is -2.45. The van der Waals surface area contributed by atoms with Crippen LogP contribution in [0.5, 0.6) is 0 Å². The Morgan fingerprint density at radius 1 is 1.22 bits per heavy atom. The number of hydrogen-bond donors (Lipinski definition) is 3. The first-order valence-corrected chi connectivity index (χ1v) is 8.61. The van der Waals surface area contributed by atoms with Crippen LogP contribution in [0.25, 0.3) is 0 Å². The van der Waals surface area contributed by atoms with Crippen LogP contribution in [-0.4, -0.2) is 32.0 Å². The monoisotopic (exact) mass is 486 g/mol. The van der Waals surface area contributed by atoms with Gasteiger partial charge in [0.1, 0.15) is 11.6 Å². The minimum atomic E-state index is -0.218. The summed E-state index contributed by atoms with van der Waals surface area (Å²) in [5.74, 6) is 0.868. The van der Waals surface area contributed by atoms with Crippen molar-refractivity contribution in [1.82, 2.24) is 16.0 Å². The number of amides is 1. The van der Waals surface area contributed by atoms with E-state index in [0.29, 0.717) is 24.8 Å². The molecule has 1 aliphatic rings. The highest BCUT2D eigenvalue weighted by atomic mass is 127. The van der Waals surface area contributed by atoms with Crippen molar-refractivity contribution in [3.8, 4) is 0 Å². The van der Waals surface area contributed by atoms with Gasteiger partial charge in [-0.05, 0) is 42.7 Å². The average molecular weight is 486 g/mol. The van der Waals surface area contributed by atoms with Crippen LogP contribution in [0.2, 0.25) is 0 Å². The van der Waals surface area contributed by atoms with Crippen molar-refractivity contribution in [2.45, 2.75) is 24.8 Å². The fraction of sp³-hybridized carbons (Fsp3) is 0.368. The molecule has 1 aromatic carbocycles. The molecule has 1 fully saturated rings. The lowest BCUT2D eigenvalue weighted by atomic mass is 9.96. The molecule has 3 N–H and O–H groups in total. The van der Waals surface area contributed by atoms with Gasteiger partial charge in [-0.2, -0.15) is 0 Å². The zero-order chi connectivity index (χ0) is 18.4. The molecule has 1 amide bonds. The van der Waals surface area contributed by atoms with E-state index in [1.807, 2.05) is 6.07 Å². The molecule has 146 valence electrons. The topological polar surface area (TPSA) is 78.7 Å². The van der Waals surface area contributed by atoms with Crippen molar-refractivity contribution in [1.29, 1.82) is 0 Å². The van der Waals surface area contributed by atoms with Crippen LogP contribution in [0.15, 0.2) is 52.1 Å². The summed E-state index contributed by atoms with van der Waals surface area (Å²) >= 11 is 0. The van der Waals surface area contributed by atoms with E-state index in [4.69, 9.17) is 4.42 Å². The van der Waals surface area contributed by atoms with Crippen LogP contribution in [0.3, 0.4) is 0 Å². The van der Waals surface area contributed by atoms with Crippen molar-refractivity contribution in [3.63, 3.8) is 0 Å². The van der Waals surface area contributed by atoms with E-state index in [9.17, 15) is 9.18 Å². The molecule has 27 heavy (non-hydrogen) atoms. The molecule has 1 aliphatic carbocycles. The van der Waals surface area contributed by atoms with Crippen molar-refractivity contribution >= 4 is 35.8 Å². The molecule has 0 spiro atoms. The summed E-state index contributed by atoms with van der Waals surface area (Å²) in [6, 6.07) is 10.3. The Kier molecular flexibility index (Phi) is 7.64. The fourth-order valence-electron chi connectivity index (χ4n) is 2.84. The Morgan fingerprint density at radius 2 is 2.04 bits per heavy atom. The first kappa shape index (κ1) is 21.2. The van der Waals surface area contributed by atoms with E-state index < -0.39 is 0 Å². The number of guanidine groups is 1. The first-order chi connectivity index (χ1) is 12.6. The van der Waals surface area contributed by atoms with E-state index in [1.54, 1.807) is 37.6 Å². The molecule has 3 rings (SSSR count). The highest BCUT2D eigenvalue weighted by molar-refractivity contribution is 14.0. The molecular formula is C19H24FIN4O2. The molecule has 0 radical (unpaired) electrons. The quantitative estimate of drug-likeness (QED) is 0.320. The minimum absolute atomic E-state index is 0. The maximum Gasteiger partial charge on any atom is 0.239 e. The van der Waals surface area contributed by atoms with Crippen LogP contribution in [0, 0.1) is 5.82 Å². The van der Waals surface area contributed by atoms with Gasteiger partial charge in [-0.1, -0.05) is 12.1 Å². The fourth-order valence-corrected chi connectivity index (χ4v) is 2.84. The van der Waals surface area contributed by atoms with Gasteiger partial charge in [0.05, 0.1) is 19.4 Å². The summed E-state index contributed by atoms with van der Waals surface area (Å²) in [6.45, 7) is 1.10. The number of furan rings is 1. The molecule has 2 aromatic rings. The normalized spacial score (nSPS) is 14.8. The third kappa shape index (κ3) is 5.95. The Balaban J connectivity index is 0.00000261. The van der Waals surface area contributed by atoms with Gasteiger partial charge in [0.15, 0.2) is 5.96 Å². The largest absolute Gasteiger partial charge is 0.467 e. The molecule has 1 saturated carbocycles. The van der Waals surface area contributed by atoms with Gasteiger partial charge in [0.2, 0.25) is 5.91 Å². The molecule has 0 saturated heterocycles. The molecular weight excluding hydrogens is 462 g/mol. The Bertz CT molecular complexity index is 776. The van der Waals surface area contributed by atoms with Gasteiger partial charge in [-0.25, -0.2) is 4.39 Å². The van der Waals surface area contributed by atoms with Gasteiger partial charge < -0.3 is 20.4 Å². The summed E-state index contributed by atoms with van der Waals surface area (Å²) in [5, 5.41) is 8.98. The second-order valence-electron chi connectivity index (χ2n) is 6.43. The van der Waals surface area contributed by atoms with E-state index in [0.717, 1.165) is 18.4 Å². The highest BCUT2D eigenvalue weighted by Gasteiger charge is 2.44. The SMILES string of the molecule is CN=C(NCC(=O)NCc1ccco1)NCC1(c2cccc(F)c2)CC1.I. The van der Waals surface area contributed by atoms with Crippen molar-refractivity contribution < 1.29 is 13.6 Å². The lowest BCUT2D eigenvalue weighted by molar-refractivity contribution is -0.120. The molecule has 0 bridgehead atoms. The van der Waals surface area contributed by atoms with Crippen LogP contribution in [0.4, 0.5) is 4.39 Å². The van der Waals surface area contributed by atoms with Gasteiger partial charge in [-0.3, -0.25) is 9.79 Å². The summed E-state index contributed by atoms with van der Waals surface area (Å²) in [6.07, 6.45) is 3.58. The number of carbonyl (C=O) groups excluding carboxylic acids is 1. The maximum atomic E-state index is 13.5. The second kappa shape index (κ2) is 9.72. The minimum Gasteiger partial charge on any atom is -0.467 e. The molecule has 0 unspecified atom stereocenters. The second-order valence-corrected chi connectivity index (χ2v) is 6.43. The number of halogens is 2. The standard InChI is InChI=1S/C19H23FN4O2.HI/c1-21-18(23-12-17(25)22-11-16-6-3-9-26-16)24-13-19(7-8-19)14-4-2-5-15(20)10-14;/h2-6,9-10H,7-8,11-13H2,1H3,(H,22,25)(H2,21,23,24);1H. The third-order valence-corrected chi connectivity index (χ3v) is 4.56. The predicted octanol–water partition coefficient (Wildman–Crippen LogP) is 2.55. The highest BCUT2D eigenvalue weighted by Crippen LogP contribution is 2.47. The smallest absolute Gasteiger partial charge is 0.239 e. The molecule has 1 aromatic heterocycles. The number of carbonyl (C=O) groups is 1. The molecule has 6 nitrogen and oxygen atoms in total. The third-order valence-electron chi connectivity index (χ3n) is 4.56. The number of nitrogens with zero attached hydrogens (tertiary/aromatic N) is 1. The van der Waals surface area contributed by atoms with Crippen LogP contribution < -0.4 is 16.0 Å². The number of rotatable bonds is 7. The van der Waals surface area contributed by atoms with Crippen molar-refractivity contribution in [2.75, 3.05) is 20.1 Å². The van der Waals surface area contributed by atoms with Gasteiger partial charge in [0.25, 0.3) is 0 Å². The van der Waals surface area contributed by atoms with E-state index in [-0.39, 0.29) is 47.7 Å². The molecule has 0 aliphatic heterocycles. The van der Waals surface area contributed by atoms with Gasteiger partial charge in [0, 0.05) is 19.0 Å². The van der Waals surface area contributed by atoms with E-state index in [2.05, 4.69) is 20.9 Å². The molecule has 0 atom stereocenters. The molecule has 8 heteroatoms. The van der Waals surface area contributed by atoms with Crippen molar-refractivity contribution in [3.05, 3.63) is 59.8 Å². The first-order valence-electron chi connectivity index (χ1n) is 8.61. The zero-order valence-electron chi connectivity index (χ0n) is 15.1. The summed E-state index contributed by atoms with van der Waals surface area (Å²) in [5.41, 5.74) is 0.943. The summed E-state index contributed by atoms with van der Waals surface area (Å²) in [4.78, 5) is 16.0. The number of hydrogen-bond acceptors (Lipinski definition) is 3. The van der Waals surface area contributed by atoms with Gasteiger partial charge in [-0.15, -0.1) is 24.0 Å². The number of nitrogens with one attached hydrogen (secondary N) is 3. The zero-order valence-corrected chi connectivity index (χ0v) is 17.5. The predicted molar refractivity (Wildman–Crippen MR) is 113 cm³/mol. The van der Waals surface area contributed by atoms with Crippen molar-refractivity contribution in [2.24, 2.45) is 4.99 Å². The summed E-state index contributed by atoms with van der Waals surface area (Å²) in [7, 11) is 1.65. The number of benzene rings is 1. The van der Waals surface area contributed by atoms with E-state index >= 15 is 0 Å². The van der Waals surface area contributed by atoms with Crippen LogP contribution in [0.1, 0.15) is 24.2 Å². The molecule has 1 heterocycles. The van der Waals surface area contributed by atoms with Crippen LogP contribution in [-0.2, 0) is 16.8 Å². The average Bonchev–Trinajstić information content (AvgIpc) is 3.26. The Labute approximate surface area is 175 Å². The Hall–Kier alpha value is -2.10. The maximum absolute atomic E-state index is 13.5. The Morgan fingerprint density at radius 3 is 2.67 bits per heavy atom. The van der Waals surface area contributed by atoms with E-state index in [1.165, 1.54) is 6.07 Å². The van der Waals surface area contributed by atoms with Crippen LogP contribution >= 0.6 is 24.0 Å². The van der Waals surface area contributed by atoms with Gasteiger partial charge >= 0.3 is 0 Å². The number of aliphatic imine (C=N–C) groups is 1. The lowest BCUT2D eigenvalue weighted by Gasteiger charge is -2.19.